The summed E-state index contributed by atoms with van der Waals surface area (Å²) in [6.45, 7) is 5.29. The number of nitrogens with zero attached hydrogens (tertiary/aromatic N) is 2. The number of carboxylic acid groups (broad SMARTS) is 1. The van der Waals surface area contributed by atoms with Gasteiger partial charge in [0, 0.05) is 13.1 Å². The first-order valence-electron chi connectivity index (χ1n) is 6.50. The van der Waals surface area contributed by atoms with Crippen molar-refractivity contribution in [1.29, 1.82) is 0 Å². The summed E-state index contributed by atoms with van der Waals surface area (Å²) in [5, 5.41) is 15.9. The molecule has 2 N–H and O–H groups in total. The van der Waals surface area contributed by atoms with Crippen molar-refractivity contribution in [2.45, 2.75) is 38.5 Å². The summed E-state index contributed by atoms with van der Waals surface area (Å²) in [6, 6.07) is 0. The number of sulfonamides is 1. The maximum atomic E-state index is 12.6. The first-order valence-corrected chi connectivity index (χ1v) is 7.94. The number of hydrogen-bond acceptors (Lipinski definition) is 4. The number of rotatable bonds is 4. The zero-order chi connectivity index (χ0) is 15.1. The standard InChI is InChI=1S/C12H19N3O4S/c1-4-12(11(16)17)5-6-15(7-12)20(18,19)10-8(2)13-14-9(10)3/h4-7H2,1-3H3,(H,13,14)(H,16,17). The second-order valence-electron chi connectivity index (χ2n) is 5.29. The van der Waals surface area contributed by atoms with Crippen molar-refractivity contribution in [1.82, 2.24) is 14.5 Å². The number of H-pyrrole nitrogens is 1. The van der Waals surface area contributed by atoms with E-state index < -0.39 is 21.4 Å². The lowest BCUT2D eigenvalue weighted by Gasteiger charge is -2.23. The Hall–Kier alpha value is -1.41. The Morgan fingerprint density at radius 1 is 1.50 bits per heavy atom. The monoisotopic (exact) mass is 301 g/mol. The van der Waals surface area contributed by atoms with Crippen LogP contribution in [0.4, 0.5) is 0 Å². The highest BCUT2D eigenvalue weighted by Crippen LogP contribution is 2.37. The van der Waals surface area contributed by atoms with Crippen LogP contribution in [-0.2, 0) is 14.8 Å². The van der Waals surface area contributed by atoms with Gasteiger partial charge >= 0.3 is 5.97 Å². The summed E-state index contributed by atoms with van der Waals surface area (Å²) in [7, 11) is -3.70. The molecule has 1 aliphatic rings. The minimum atomic E-state index is -3.70. The predicted octanol–water partition coefficient (Wildman–Crippen LogP) is 0.902. The summed E-state index contributed by atoms with van der Waals surface area (Å²) in [5.74, 6) is -0.932. The third-order valence-electron chi connectivity index (χ3n) is 4.11. The lowest BCUT2D eigenvalue weighted by atomic mass is 9.85. The molecular weight excluding hydrogens is 282 g/mol. The molecule has 1 aromatic heterocycles. The van der Waals surface area contributed by atoms with Gasteiger partial charge in [0.1, 0.15) is 4.90 Å². The average Bonchev–Trinajstić information content (AvgIpc) is 2.95. The molecule has 2 rings (SSSR count). The fourth-order valence-corrected chi connectivity index (χ4v) is 4.56. The molecule has 0 spiro atoms. The molecule has 0 radical (unpaired) electrons. The molecule has 112 valence electrons. The molecule has 1 fully saturated rings. The highest BCUT2D eigenvalue weighted by molar-refractivity contribution is 7.89. The molecule has 1 aromatic rings. The Bertz CT molecular complexity index is 618. The van der Waals surface area contributed by atoms with Crippen LogP contribution in [0.5, 0.6) is 0 Å². The maximum Gasteiger partial charge on any atom is 0.311 e. The Morgan fingerprint density at radius 2 is 2.15 bits per heavy atom. The lowest BCUT2D eigenvalue weighted by molar-refractivity contribution is -0.148. The molecule has 0 bridgehead atoms. The molecule has 1 atom stereocenters. The summed E-state index contributed by atoms with van der Waals surface area (Å²) in [4.78, 5) is 11.6. The number of aromatic nitrogens is 2. The maximum absolute atomic E-state index is 12.6. The Labute approximate surface area is 118 Å². The van der Waals surface area contributed by atoms with Crippen LogP contribution in [-0.4, -0.2) is 47.1 Å². The number of aliphatic carboxylic acids is 1. The van der Waals surface area contributed by atoms with Crippen LogP contribution >= 0.6 is 0 Å². The molecule has 8 heteroatoms. The van der Waals surface area contributed by atoms with Gasteiger partial charge in [0.15, 0.2) is 0 Å². The first kappa shape index (κ1) is 15.0. The molecule has 7 nitrogen and oxygen atoms in total. The van der Waals surface area contributed by atoms with Crippen LogP contribution in [0.25, 0.3) is 0 Å². The van der Waals surface area contributed by atoms with Gasteiger partial charge in [0.2, 0.25) is 10.0 Å². The minimum Gasteiger partial charge on any atom is -0.481 e. The average molecular weight is 301 g/mol. The van der Waals surface area contributed by atoms with E-state index in [4.69, 9.17) is 0 Å². The van der Waals surface area contributed by atoms with Crippen molar-refractivity contribution in [3.63, 3.8) is 0 Å². The van der Waals surface area contributed by atoms with E-state index in [1.807, 2.05) is 0 Å². The molecule has 20 heavy (non-hydrogen) atoms. The van der Waals surface area contributed by atoms with E-state index in [0.29, 0.717) is 24.2 Å². The van der Waals surface area contributed by atoms with Crippen LogP contribution in [0, 0.1) is 19.3 Å². The van der Waals surface area contributed by atoms with Crippen LogP contribution in [0.3, 0.4) is 0 Å². The van der Waals surface area contributed by atoms with Gasteiger partial charge in [-0.05, 0) is 26.7 Å². The van der Waals surface area contributed by atoms with Crippen LogP contribution in [0.2, 0.25) is 0 Å². The van der Waals surface area contributed by atoms with Crippen molar-refractivity contribution in [2.24, 2.45) is 5.41 Å². The van der Waals surface area contributed by atoms with E-state index >= 15 is 0 Å². The molecule has 0 amide bonds. The second-order valence-corrected chi connectivity index (χ2v) is 7.17. The molecule has 1 saturated heterocycles. The quantitative estimate of drug-likeness (QED) is 0.860. The van der Waals surface area contributed by atoms with E-state index in [1.165, 1.54) is 4.31 Å². The number of nitrogens with one attached hydrogen (secondary N) is 1. The molecule has 1 unspecified atom stereocenters. The third kappa shape index (κ3) is 2.12. The summed E-state index contributed by atoms with van der Waals surface area (Å²) in [6.07, 6.45) is 0.756. The second kappa shape index (κ2) is 4.85. The number of aromatic amines is 1. The van der Waals surface area contributed by atoms with E-state index in [-0.39, 0.29) is 18.0 Å². The zero-order valence-electron chi connectivity index (χ0n) is 11.8. The van der Waals surface area contributed by atoms with Gasteiger partial charge in [-0.25, -0.2) is 8.42 Å². The summed E-state index contributed by atoms with van der Waals surface area (Å²) < 4.78 is 26.5. The van der Waals surface area contributed by atoms with Gasteiger partial charge in [-0.3, -0.25) is 9.89 Å². The minimum absolute atomic E-state index is 0.0191. The highest BCUT2D eigenvalue weighted by atomic mass is 32.2. The van der Waals surface area contributed by atoms with Crippen molar-refractivity contribution < 1.29 is 18.3 Å². The van der Waals surface area contributed by atoms with Gasteiger partial charge in [-0.2, -0.15) is 9.40 Å². The molecule has 0 saturated carbocycles. The molecule has 0 aliphatic carbocycles. The number of aryl methyl sites for hydroxylation is 2. The van der Waals surface area contributed by atoms with E-state index in [2.05, 4.69) is 10.2 Å². The van der Waals surface area contributed by atoms with Gasteiger partial charge in [0.05, 0.1) is 16.8 Å². The van der Waals surface area contributed by atoms with Crippen molar-refractivity contribution in [2.75, 3.05) is 13.1 Å². The summed E-state index contributed by atoms with van der Waals surface area (Å²) >= 11 is 0. The van der Waals surface area contributed by atoms with Crippen molar-refractivity contribution in [3.8, 4) is 0 Å². The molecule has 0 aromatic carbocycles. The summed E-state index contributed by atoms with van der Waals surface area (Å²) in [5.41, 5.74) is -0.0860. The van der Waals surface area contributed by atoms with Gasteiger partial charge in [-0.1, -0.05) is 6.92 Å². The number of carbonyl (C=O) groups is 1. The van der Waals surface area contributed by atoms with Gasteiger partial charge < -0.3 is 5.11 Å². The third-order valence-corrected chi connectivity index (χ3v) is 6.22. The van der Waals surface area contributed by atoms with Crippen LogP contribution in [0.15, 0.2) is 4.90 Å². The molecular formula is C12H19N3O4S. The van der Waals surface area contributed by atoms with Gasteiger partial charge in [0.25, 0.3) is 0 Å². The van der Waals surface area contributed by atoms with Crippen molar-refractivity contribution >= 4 is 16.0 Å². The van der Waals surface area contributed by atoms with Gasteiger partial charge in [-0.15, -0.1) is 0 Å². The SMILES string of the molecule is CCC1(C(=O)O)CCN(S(=O)(=O)c2c(C)n[nH]c2C)C1. The number of carboxylic acids is 1. The van der Waals surface area contributed by atoms with Crippen LogP contribution < -0.4 is 0 Å². The predicted molar refractivity (Wildman–Crippen MR) is 71.8 cm³/mol. The topological polar surface area (TPSA) is 103 Å². The fraction of sp³-hybridized carbons (Fsp3) is 0.667. The van der Waals surface area contributed by atoms with E-state index in [1.54, 1.807) is 20.8 Å². The van der Waals surface area contributed by atoms with Crippen LogP contribution in [0.1, 0.15) is 31.2 Å². The normalized spacial score (nSPS) is 24.1. The largest absolute Gasteiger partial charge is 0.481 e. The van der Waals surface area contributed by atoms with Crippen molar-refractivity contribution in [3.05, 3.63) is 11.4 Å². The fourth-order valence-electron chi connectivity index (χ4n) is 2.70. The zero-order valence-corrected chi connectivity index (χ0v) is 12.6. The Morgan fingerprint density at radius 3 is 2.55 bits per heavy atom. The first-order chi connectivity index (χ1) is 9.24. The number of hydrogen-bond donors (Lipinski definition) is 2. The Kier molecular flexibility index (Phi) is 3.64. The highest BCUT2D eigenvalue weighted by Gasteiger charge is 2.47. The Balaban J connectivity index is 2.37. The van der Waals surface area contributed by atoms with E-state index in [0.717, 1.165) is 0 Å². The smallest absolute Gasteiger partial charge is 0.311 e. The molecule has 1 aliphatic heterocycles. The molecule has 2 heterocycles. The lowest BCUT2D eigenvalue weighted by Crippen LogP contribution is -2.36. The van der Waals surface area contributed by atoms with E-state index in [9.17, 15) is 18.3 Å².